The molecule has 6 nitrogen and oxygen atoms in total. The van der Waals surface area contributed by atoms with E-state index in [0.29, 0.717) is 10.8 Å². The Morgan fingerprint density at radius 1 is 1.14 bits per heavy atom. The van der Waals surface area contributed by atoms with Crippen molar-refractivity contribution in [1.82, 2.24) is 15.1 Å². The molecule has 1 aliphatic heterocycles. The minimum Gasteiger partial charge on any atom is -0.320 e. The summed E-state index contributed by atoms with van der Waals surface area (Å²) in [6.45, 7) is 5.10. The molecule has 0 atom stereocenters. The zero-order valence-corrected chi connectivity index (χ0v) is 16.5. The second kappa shape index (κ2) is 8.16. The van der Waals surface area contributed by atoms with Gasteiger partial charge in [-0.15, -0.1) is 0 Å². The first kappa shape index (κ1) is 18.7. The van der Waals surface area contributed by atoms with E-state index in [9.17, 15) is 9.59 Å². The molecule has 0 spiro atoms. The largest absolute Gasteiger partial charge is 0.320 e. The Balaban J connectivity index is 1.59. The lowest BCUT2D eigenvalue weighted by molar-refractivity contribution is 0.102. The minimum atomic E-state index is -0.331. The summed E-state index contributed by atoms with van der Waals surface area (Å²) >= 11 is 1.99. The maximum absolute atomic E-state index is 12.9. The molecule has 1 aromatic heterocycles. The van der Waals surface area contributed by atoms with Crippen LogP contribution in [0.15, 0.2) is 47.3 Å². The molecule has 1 fully saturated rings. The Labute approximate surface area is 167 Å². The highest BCUT2D eigenvalue weighted by Crippen LogP contribution is 2.23. The fourth-order valence-corrected chi connectivity index (χ4v) is 4.44. The van der Waals surface area contributed by atoms with Crippen LogP contribution in [-0.4, -0.2) is 45.6 Å². The first-order valence-electron chi connectivity index (χ1n) is 9.31. The number of H-pyrrole nitrogens is 1. The second-order valence-corrected chi connectivity index (χ2v) is 8.10. The Morgan fingerprint density at radius 2 is 1.89 bits per heavy atom. The summed E-state index contributed by atoms with van der Waals surface area (Å²) in [5.74, 6) is 2.00. The van der Waals surface area contributed by atoms with Crippen LogP contribution < -0.4 is 10.9 Å². The second-order valence-electron chi connectivity index (χ2n) is 6.88. The highest BCUT2D eigenvalue weighted by Gasteiger charge is 2.17. The number of benzene rings is 2. The molecule has 2 heterocycles. The van der Waals surface area contributed by atoms with Crippen molar-refractivity contribution in [1.29, 1.82) is 0 Å². The number of fused-ring (bicyclic) bond motifs is 1. The van der Waals surface area contributed by atoms with Crippen LogP contribution in [0.4, 0.5) is 5.69 Å². The number of nitrogens with one attached hydrogen (secondary N) is 2. The van der Waals surface area contributed by atoms with Gasteiger partial charge in [0.2, 0.25) is 0 Å². The third-order valence-electron chi connectivity index (χ3n) is 5.10. The molecule has 1 aliphatic rings. The fraction of sp³-hybridized carbons (Fsp3) is 0.286. The molecule has 1 saturated heterocycles. The predicted octanol–water partition coefficient (Wildman–Crippen LogP) is 3.03. The molecule has 3 aromatic rings. The van der Waals surface area contributed by atoms with Gasteiger partial charge in [0.1, 0.15) is 0 Å². The zero-order valence-electron chi connectivity index (χ0n) is 15.7. The van der Waals surface area contributed by atoms with Gasteiger partial charge in [-0.1, -0.05) is 30.3 Å². The molecule has 144 valence electrons. The van der Waals surface area contributed by atoms with Crippen molar-refractivity contribution in [2.24, 2.45) is 0 Å². The van der Waals surface area contributed by atoms with Gasteiger partial charge >= 0.3 is 0 Å². The summed E-state index contributed by atoms with van der Waals surface area (Å²) in [6, 6.07) is 13.0. The van der Waals surface area contributed by atoms with Crippen LogP contribution in [0.2, 0.25) is 0 Å². The van der Waals surface area contributed by atoms with E-state index >= 15 is 0 Å². The van der Waals surface area contributed by atoms with Crippen LogP contribution >= 0.6 is 11.8 Å². The SMILES string of the molecule is Cc1c(CN2CCSCC2)cccc1NC(=O)c1n[nH]c(=O)c2ccccc12. The van der Waals surface area contributed by atoms with E-state index in [1.54, 1.807) is 24.3 Å². The van der Waals surface area contributed by atoms with Crippen molar-refractivity contribution in [3.05, 3.63) is 69.6 Å². The summed E-state index contributed by atoms with van der Waals surface area (Å²) < 4.78 is 0. The van der Waals surface area contributed by atoms with E-state index in [1.807, 2.05) is 30.8 Å². The van der Waals surface area contributed by atoms with E-state index in [1.165, 1.54) is 17.1 Å². The predicted molar refractivity (Wildman–Crippen MR) is 114 cm³/mol. The van der Waals surface area contributed by atoms with Crippen molar-refractivity contribution in [3.8, 4) is 0 Å². The number of aromatic nitrogens is 2. The molecule has 2 N–H and O–H groups in total. The number of anilines is 1. The number of hydrogen-bond donors (Lipinski definition) is 2. The van der Waals surface area contributed by atoms with Crippen molar-refractivity contribution < 1.29 is 4.79 Å². The van der Waals surface area contributed by atoms with Gasteiger partial charge in [-0.25, -0.2) is 5.10 Å². The molecule has 0 radical (unpaired) electrons. The van der Waals surface area contributed by atoms with E-state index in [-0.39, 0.29) is 17.2 Å². The average molecular weight is 395 g/mol. The molecule has 2 aromatic carbocycles. The lowest BCUT2D eigenvalue weighted by Gasteiger charge is -2.27. The minimum absolute atomic E-state index is 0.216. The molecule has 0 unspecified atom stereocenters. The average Bonchev–Trinajstić information content (AvgIpc) is 2.72. The normalized spacial score (nSPS) is 14.9. The Kier molecular flexibility index (Phi) is 5.45. The number of amides is 1. The van der Waals surface area contributed by atoms with Crippen LogP contribution in [0.3, 0.4) is 0 Å². The molecule has 28 heavy (non-hydrogen) atoms. The van der Waals surface area contributed by atoms with Crippen molar-refractivity contribution in [2.45, 2.75) is 13.5 Å². The van der Waals surface area contributed by atoms with Crippen LogP contribution in [0.25, 0.3) is 10.8 Å². The first-order valence-corrected chi connectivity index (χ1v) is 10.5. The lowest BCUT2D eigenvalue weighted by atomic mass is 10.1. The number of rotatable bonds is 4. The van der Waals surface area contributed by atoms with E-state index in [0.717, 1.165) is 30.9 Å². The molecule has 0 bridgehead atoms. The Morgan fingerprint density at radius 3 is 2.68 bits per heavy atom. The number of carbonyl (C=O) groups excluding carboxylic acids is 1. The smallest absolute Gasteiger partial charge is 0.276 e. The standard InChI is InChI=1S/C21H22N4O2S/c1-14-15(13-25-9-11-28-12-10-25)5-4-8-18(14)22-21(27)19-16-6-2-3-7-17(16)20(26)24-23-19/h2-8H,9-13H2,1H3,(H,22,27)(H,24,26). The highest BCUT2D eigenvalue weighted by atomic mass is 32.2. The maximum Gasteiger partial charge on any atom is 0.276 e. The summed E-state index contributed by atoms with van der Waals surface area (Å²) in [6.07, 6.45) is 0. The third-order valence-corrected chi connectivity index (χ3v) is 6.05. The van der Waals surface area contributed by atoms with Crippen LogP contribution in [0.1, 0.15) is 21.6 Å². The number of hydrogen-bond acceptors (Lipinski definition) is 5. The van der Waals surface area contributed by atoms with Gasteiger partial charge in [-0.3, -0.25) is 14.5 Å². The quantitative estimate of drug-likeness (QED) is 0.711. The summed E-state index contributed by atoms with van der Waals surface area (Å²) in [4.78, 5) is 27.3. The van der Waals surface area contributed by atoms with Crippen LogP contribution in [0, 0.1) is 6.92 Å². The molecule has 0 saturated carbocycles. The Bertz CT molecular complexity index is 1070. The maximum atomic E-state index is 12.9. The van der Waals surface area contributed by atoms with Crippen LogP contribution in [-0.2, 0) is 6.54 Å². The summed E-state index contributed by atoms with van der Waals surface area (Å²) in [7, 11) is 0. The molecular weight excluding hydrogens is 372 g/mol. The number of thioether (sulfide) groups is 1. The van der Waals surface area contributed by atoms with Gasteiger partial charge < -0.3 is 5.32 Å². The molecular formula is C21H22N4O2S. The van der Waals surface area contributed by atoms with E-state index < -0.39 is 0 Å². The van der Waals surface area contributed by atoms with E-state index in [2.05, 4.69) is 26.5 Å². The zero-order chi connectivity index (χ0) is 19.5. The summed E-state index contributed by atoms with van der Waals surface area (Å²) in [5.41, 5.74) is 2.95. The number of aromatic amines is 1. The highest BCUT2D eigenvalue weighted by molar-refractivity contribution is 7.99. The number of nitrogens with zero attached hydrogens (tertiary/aromatic N) is 2. The van der Waals surface area contributed by atoms with Gasteiger partial charge in [0, 0.05) is 42.2 Å². The topological polar surface area (TPSA) is 78.1 Å². The van der Waals surface area contributed by atoms with Crippen molar-refractivity contribution >= 4 is 34.1 Å². The number of carbonyl (C=O) groups is 1. The van der Waals surface area contributed by atoms with E-state index in [4.69, 9.17) is 0 Å². The van der Waals surface area contributed by atoms with Gasteiger partial charge in [0.05, 0.1) is 5.39 Å². The monoisotopic (exact) mass is 394 g/mol. The third kappa shape index (κ3) is 3.81. The molecule has 0 aliphatic carbocycles. The fourth-order valence-electron chi connectivity index (χ4n) is 3.46. The molecule has 1 amide bonds. The van der Waals surface area contributed by atoms with Gasteiger partial charge in [-0.2, -0.15) is 16.9 Å². The van der Waals surface area contributed by atoms with Gasteiger partial charge in [0.15, 0.2) is 5.69 Å². The van der Waals surface area contributed by atoms with Gasteiger partial charge in [-0.05, 0) is 30.2 Å². The van der Waals surface area contributed by atoms with Crippen molar-refractivity contribution in [3.63, 3.8) is 0 Å². The van der Waals surface area contributed by atoms with Gasteiger partial charge in [0.25, 0.3) is 11.5 Å². The molecule has 4 rings (SSSR count). The van der Waals surface area contributed by atoms with Crippen LogP contribution in [0.5, 0.6) is 0 Å². The molecule has 7 heteroatoms. The van der Waals surface area contributed by atoms with Crippen molar-refractivity contribution in [2.75, 3.05) is 29.9 Å². The lowest BCUT2D eigenvalue weighted by Crippen LogP contribution is -2.32. The first-order chi connectivity index (χ1) is 13.6. The Hall–Kier alpha value is -2.64. The summed E-state index contributed by atoms with van der Waals surface area (Å²) in [5, 5.41) is 10.4.